The Hall–Kier alpha value is -10.7. The first-order chi connectivity index (χ1) is 56.6. The van der Waals surface area contributed by atoms with Crippen molar-refractivity contribution in [3.05, 3.63) is 147 Å². The van der Waals surface area contributed by atoms with E-state index in [1.165, 1.54) is 30.8 Å². The second-order valence-corrected chi connectivity index (χ2v) is 31.2. The molecule has 37 nitrogen and oxygen atoms in total. The fourth-order valence-electron chi connectivity index (χ4n) is 14.2. The van der Waals surface area contributed by atoms with Crippen molar-refractivity contribution in [1.29, 1.82) is 0 Å². The number of halogens is 2. The van der Waals surface area contributed by atoms with Crippen LogP contribution in [0.2, 0.25) is 10.0 Å². The van der Waals surface area contributed by atoms with Gasteiger partial charge in [-0.3, -0.25) is 47.9 Å². The quantitative estimate of drug-likeness (QED) is 0.0385. The Kier molecular flexibility index (Phi) is 29.2. The van der Waals surface area contributed by atoms with Gasteiger partial charge < -0.3 is 138 Å². The number of unbranched alkanes of at least 4 members (excludes halogenated alkanes) is 2. The second kappa shape index (κ2) is 39.0. The van der Waals surface area contributed by atoms with E-state index in [4.69, 9.17) is 67.8 Å². The molecule has 17 atom stereocenters. The lowest BCUT2D eigenvalue weighted by Gasteiger charge is -2.48. The number of carbonyl (C=O) groups excluding carboxylic acids is 9. The predicted molar refractivity (Wildman–Crippen MR) is 420 cm³/mol. The zero-order valence-electron chi connectivity index (χ0n) is 64.0. The number of thioether (sulfide) groups is 1. The number of aliphatic hydroxyl groups is 6. The number of benzene rings is 6. The van der Waals surface area contributed by atoms with Crippen LogP contribution in [0.3, 0.4) is 0 Å². The predicted octanol–water partition coefficient (Wildman–Crippen LogP) is 1.99. The average Bonchev–Trinajstić information content (AvgIpc) is 0.763. The molecule has 11 bridgehead atoms. The van der Waals surface area contributed by atoms with E-state index in [9.17, 15) is 79.8 Å². The Labute approximate surface area is 693 Å². The van der Waals surface area contributed by atoms with Crippen LogP contribution in [0, 0.1) is 0 Å². The van der Waals surface area contributed by atoms with Crippen molar-refractivity contribution in [2.24, 2.45) is 11.5 Å². The highest BCUT2D eigenvalue weighted by molar-refractivity contribution is 8.13. The molecule has 0 spiro atoms. The standard InChI is InChI=1S/C79H90Cl2N10O27S/c1-34-71(105)79(3,85-31-36-9-7-10-42(21-36)112-19-8-20-119-35(2)93)30-58(113-34)117-70-68(104)67(103)54(33-92)116-78(70)118-69-52-25-40-26-53(69)115-51-17-14-39(24-46(51)81)66(102)64-77(111)90-62(73(107)84-32-57(99)100)44-27-41(94)28-49(96)59(44)43-22-37(12-15-48(43)95)60(74(108)91-64)89-75(109)61(40)88-72(106)47(29-55(83)97)86-76(110)63(87-56(98)11-5-4-6-18-82)65(101)38-13-16-50(114-52)45(80)23-38/h7,9-10,12-17,21-28,34,47,54,58,60-68,70-71,78,85,92,94-96,101-105H,4-6,8,11,18-20,29-33,82H2,1-3H3,(H2,83,97)(H,84,107)(H,86,110)(H,87,98)(H,88,106)(H,89,109)(H,90,111)(H,91,108)(H,99,100)/t34-,47-,54+,58-,60+,61+,62-,63+,64-,65+,66+,67+,68-,70+,71+,78-,79-/m0/s1. The van der Waals surface area contributed by atoms with Crippen molar-refractivity contribution < 1.29 is 132 Å². The molecule has 8 amide bonds. The van der Waals surface area contributed by atoms with Crippen LogP contribution in [0.25, 0.3) is 11.1 Å². The van der Waals surface area contributed by atoms with E-state index in [0.717, 1.165) is 72.3 Å². The number of aliphatic hydroxyl groups excluding tert-OH is 6. The number of nitrogens with two attached hydrogens (primary N) is 2. The summed E-state index contributed by atoms with van der Waals surface area (Å²) >= 11 is 15.5. The van der Waals surface area contributed by atoms with Gasteiger partial charge in [0.05, 0.1) is 41.9 Å². The number of carboxylic acids is 1. The molecule has 2 fully saturated rings. The second-order valence-electron chi connectivity index (χ2n) is 29.1. The van der Waals surface area contributed by atoms with E-state index in [1.54, 1.807) is 32.0 Å². The number of phenols is 3. The van der Waals surface area contributed by atoms with Crippen LogP contribution in [0.5, 0.6) is 51.7 Å². The van der Waals surface area contributed by atoms with Crippen molar-refractivity contribution in [3.63, 3.8) is 0 Å². The largest absolute Gasteiger partial charge is 0.508 e. The minimum Gasteiger partial charge on any atom is -0.508 e. The lowest BCUT2D eigenvalue weighted by molar-refractivity contribution is -0.334. The molecule has 40 heteroatoms. The third kappa shape index (κ3) is 21.3. The maximum absolute atomic E-state index is 16.2. The smallest absolute Gasteiger partial charge is 0.322 e. The SMILES string of the molecule is CC(=O)SCCCOc1cccc(CN[C@@]2(C)C[C@H](O[C@H]3[C@H](Oc4c5cc6cc4Oc4ccc(cc4Cl)[C@@H](O)[C@@H](NC(=O)CCCCCN)C(=O)N[C@@H](CC(N)=O)C(=O)N[C@H]6C(=O)N[C@H]4C(=O)N[C@H](C(=O)N[C@H](C(=O)NCC(=O)O)c6cc(O)cc(O)c6-c6cc4ccc6O)[C@H](O)c4ccc(c(Cl)c4)O5)O[C@H](CO)[C@@H](O)[C@@H]3O)O[C@@H](C)[C@H]2O)c1. The van der Waals surface area contributed by atoms with Gasteiger partial charge in [-0.25, -0.2) is 0 Å². The first-order valence-electron chi connectivity index (χ1n) is 37.7. The number of fused-ring (bicyclic) bond motifs is 15. The van der Waals surface area contributed by atoms with Crippen molar-refractivity contribution >= 4 is 93.3 Å². The summed E-state index contributed by atoms with van der Waals surface area (Å²) in [5.41, 5.74) is 7.94. The van der Waals surface area contributed by atoms with Crippen molar-refractivity contribution in [2.45, 2.75) is 175 Å². The van der Waals surface area contributed by atoms with Crippen molar-refractivity contribution in [1.82, 2.24) is 42.5 Å². The fraction of sp³-hybridized carbons (Fsp3) is 0.418. The highest BCUT2D eigenvalue weighted by atomic mass is 35.5. The van der Waals surface area contributed by atoms with Gasteiger partial charge in [0.25, 0.3) is 0 Å². The number of aliphatic carboxylic acids is 1. The van der Waals surface area contributed by atoms with Crippen molar-refractivity contribution in [3.8, 4) is 62.9 Å². The van der Waals surface area contributed by atoms with E-state index >= 15 is 19.2 Å². The Morgan fingerprint density at radius 1 is 0.697 bits per heavy atom. The minimum absolute atomic E-state index is 0.0201. The van der Waals surface area contributed by atoms with Gasteiger partial charge in [0.1, 0.15) is 108 Å². The molecule has 0 aliphatic carbocycles. The normalized spacial score (nSPS) is 26.3. The number of amides is 8. The third-order valence-electron chi connectivity index (χ3n) is 20.4. The van der Waals surface area contributed by atoms with Gasteiger partial charge in [-0.1, -0.05) is 71.7 Å². The molecule has 119 heavy (non-hydrogen) atoms. The minimum atomic E-state index is -2.39. The Bertz CT molecular complexity index is 4840. The third-order valence-corrected chi connectivity index (χ3v) is 21.9. The molecular weight excluding hydrogens is 1620 g/mol. The molecule has 0 radical (unpaired) electrons. The van der Waals surface area contributed by atoms with Crippen LogP contribution >= 0.6 is 35.0 Å². The van der Waals surface area contributed by atoms with Gasteiger partial charge in [0.2, 0.25) is 59.3 Å². The summed E-state index contributed by atoms with van der Waals surface area (Å²) in [7, 11) is 0. The Balaban J connectivity index is 1.09. The molecular formula is C79H90Cl2N10O27S. The Morgan fingerprint density at radius 3 is 2.02 bits per heavy atom. The molecule has 0 saturated carbocycles. The summed E-state index contributed by atoms with van der Waals surface area (Å²) in [4.78, 5) is 142. The molecule has 13 rings (SSSR count). The van der Waals surface area contributed by atoms with Crippen LogP contribution in [0.4, 0.5) is 0 Å². The number of ether oxygens (including phenoxy) is 7. The zero-order chi connectivity index (χ0) is 86.0. The Morgan fingerprint density at radius 2 is 1.36 bits per heavy atom. The summed E-state index contributed by atoms with van der Waals surface area (Å²) in [6, 6.07) is 7.28. The maximum Gasteiger partial charge on any atom is 0.322 e. The number of rotatable bonds is 24. The van der Waals surface area contributed by atoms with Crippen LogP contribution in [-0.4, -0.2) is 214 Å². The van der Waals surface area contributed by atoms with Crippen molar-refractivity contribution in [2.75, 3.05) is 32.1 Å². The van der Waals surface area contributed by atoms with Gasteiger partial charge in [-0.2, -0.15) is 0 Å². The van der Waals surface area contributed by atoms with E-state index in [0.29, 0.717) is 43.9 Å². The van der Waals surface area contributed by atoms with Gasteiger partial charge in [0.15, 0.2) is 29.0 Å². The van der Waals surface area contributed by atoms with Gasteiger partial charge in [-0.05, 0) is 140 Å². The summed E-state index contributed by atoms with van der Waals surface area (Å²) < 4.78 is 45.4. The van der Waals surface area contributed by atoms with E-state index in [1.807, 2.05) is 6.07 Å². The molecule has 6 aromatic rings. The van der Waals surface area contributed by atoms with Crippen LogP contribution in [0.1, 0.15) is 129 Å². The van der Waals surface area contributed by atoms with Crippen LogP contribution < -0.4 is 72.9 Å². The summed E-state index contributed by atoms with van der Waals surface area (Å²) in [6.07, 6.45) is -17.5. The lowest BCUT2D eigenvalue weighted by Crippen LogP contribution is -2.65. The number of primary amides is 1. The molecule has 0 unspecified atom stereocenters. The first kappa shape index (κ1) is 89.1. The number of hydrogen-bond acceptors (Lipinski definition) is 29. The number of carboxylic acid groups (broad SMARTS) is 1. The number of carbonyl (C=O) groups is 10. The lowest BCUT2D eigenvalue weighted by atomic mass is 9.84. The van der Waals surface area contributed by atoms with E-state index in [-0.39, 0.29) is 58.4 Å². The summed E-state index contributed by atoms with van der Waals surface area (Å²) in [6.45, 7) is 3.38. The molecule has 7 aliphatic heterocycles. The number of aromatic hydroxyl groups is 3. The zero-order valence-corrected chi connectivity index (χ0v) is 66.3. The van der Waals surface area contributed by atoms with Gasteiger partial charge in [-0.15, -0.1) is 0 Å². The highest BCUT2D eigenvalue weighted by Crippen LogP contribution is 2.50. The molecule has 0 aromatic heterocycles. The van der Waals surface area contributed by atoms with Gasteiger partial charge in [0, 0.05) is 54.8 Å². The first-order valence-corrected chi connectivity index (χ1v) is 39.4. The topological polar surface area (TPSA) is 586 Å². The number of nitrogens with one attached hydrogen (secondary N) is 8. The van der Waals surface area contributed by atoms with Crippen LogP contribution in [-0.2, 0) is 68.7 Å². The average molecular weight is 1710 g/mol. The summed E-state index contributed by atoms with van der Waals surface area (Å²) in [5, 5.41) is 135. The molecule has 22 N–H and O–H groups in total. The fourth-order valence-corrected chi connectivity index (χ4v) is 15.2. The molecule has 2 saturated heterocycles. The van der Waals surface area contributed by atoms with Crippen LogP contribution in [0.15, 0.2) is 103 Å². The number of phenolic OH excluding ortho intramolecular Hbond substituents is 3. The summed E-state index contributed by atoms with van der Waals surface area (Å²) in [5.74, 6) is -16.2. The molecule has 6 aromatic carbocycles. The van der Waals surface area contributed by atoms with E-state index < -0.39 is 244 Å². The maximum atomic E-state index is 16.2. The molecule has 638 valence electrons. The van der Waals surface area contributed by atoms with E-state index in [2.05, 4.69) is 42.5 Å². The highest BCUT2D eigenvalue weighted by Gasteiger charge is 2.52. The molecule has 7 heterocycles. The monoisotopic (exact) mass is 1710 g/mol. The number of hydrogen-bond donors (Lipinski definition) is 20. The molecule has 7 aliphatic rings. The van der Waals surface area contributed by atoms with Gasteiger partial charge >= 0.3 is 5.97 Å².